The number of aromatic nitrogens is 2. The number of fused-ring (bicyclic) bond motifs is 2. The molecule has 1 unspecified atom stereocenters. The Hall–Kier alpha value is -4.24. The van der Waals surface area contributed by atoms with Gasteiger partial charge in [-0.1, -0.05) is 12.1 Å². The molecular formula is C32H37N5O4. The van der Waals surface area contributed by atoms with Gasteiger partial charge < -0.3 is 18.8 Å². The van der Waals surface area contributed by atoms with Gasteiger partial charge in [-0.25, -0.2) is 0 Å². The molecule has 0 radical (unpaired) electrons. The average molecular weight is 556 g/mol. The molecule has 5 rings (SSSR count). The van der Waals surface area contributed by atoms with Gasteiger partial charge in [-0.2, -0.15) is 0 Å². The third-order valence-corrected chi connectivity index (χ3v) is 8.28. The van der Waals surface area contributed by atoms with E-state index in [2.05, 4.69) is 22.9 Å². The number of benzene rings is 1. The van der Waals surface area contributed by atoms with Crippen molar-refractivity contribution in [2.75, 3.05) is 29.9 Å². The Morgan fingerprint density at radius 3 is 2.56 bits per heavy atom. The van der Waals surface area contributed by atoms with E-state index in [1.165, 1.54) is 6.26 Å². The fourth-order valence-electron chi connectivity index (χ4n) is 5.74. The van der Waals surface area contributed by atoms with E-state index in [-0.39, 0.29) is 23.4 Å². The number of rotatable bonds is 8. The lowest BCUT2D eigenvalue weighted by atomic mass is 9.90. The van der Waals surface area contributed by atoms with E-state index in [9.17, 15) is 14.4 Å². The summed E-state index contributed by atoms with van der Waals surface area (Å²) in [5.74, 6) is -0.437. The first-order chi connectivity index (χ1) is 19.5. The van der Waals surface area contributed by atoms with Gasteiger partial charge >= 0.3 is 0 Å². The average Bonchev–Trinajstić information content (AvgIpc) is 3.44. The van der Waals surface area contributed by atoms with Crippen LogP contribution in [0.5, 0.6) is 0 Å². The van der Waals surface area contributed by atoms with Gasteiger partial charge in [0.2, 0.25) is 11.8 Å². The molecule has 214 valence electrons. The number of hydrogen-bond acceptors (Lipinski definition) is 6. The third-order valence-electron chi connectivity index (χ3n) is 8.28. The molecule has 41 heavy (non-hydrogen) atoms. The predicted octanol–water partition coefficient (Wildman–Crippen LogP) is 4.92. The molecule has 2 amide bonds. The maximum absolute atomic E-state index is 13.4. The number of hydrogen-bond donors (Lipinski definition) is 0. The lowest BCUT2D eigenvalue weighted by molar-refractivity contribution is -0.137. The molecular weight excluding hydrogens is 518 g/mol. The second-order valence-corrected chi connectivity index (χ2v) is 11.2. The van der Waals surface area contributed by atoms with Crippen LogP contribution in [0, 0.1) is 12.3 Å². The van der Waals surface area contributed by atoms with Gasteiger partial charge in [-0.15, -0.1) is 0 Å². The first-order valence-electron chi connectivity index (χ1n) is 14.0. The number of pyridine rings is 2. The van der Waals surface area contributed by atoms with Crippen LogP contribution in [0.25, 0.3) is 11.0 Å². The minimum atomic E-state index is -1.16. The van der Waals surface area contributed by atoms with E-state index in [0.717, 1.165) is 22.5 Å². The molecule has 4 aromatic rings. The van der Waals surface area contributed by atoms with Crippen molar-refractivity contribution in [3.05, 3.63) is 88.3 Å². The molecule has 1 aliphatic heterocycles. The molecule has 0 aliphatic carbocycles. The molecule has 4 heterocycles. The highest BCUT2D eigenvalue weighted by Gasteiger charge is 2.45. The summed E-state index contributed by atoms with van der Waals surface area (Å²) in [4.78, 5) is 49.8. The largest absolute Gasteiger partial charge is 0.464 e. The molecule has 1 atom stereocenters. The highest BCUT2D eigenvalue weighted by Crippen LogP contribution is 2.39. The van der Waals surface area contributed by atoms with Gasteiger partial charge in [0.25, 0.3) is 5.56 Å². The zero-order valence-corrected chi connectivity index (χ0v) is 24.5. The van der Waals surface area contributed by atoms with Crippen molar-refractivity contribution < 1.29 is 14.0 Å². The van der Waals surface area contributed by atoms with Crippen molar-refractivity contribution in [1.82, 2.24) is 14.5 Å². The van der Waals surface area contributed by atoms with Crippen LogP contribution >= 0.6 is 0 Å². The minimum absolute atomic E-state index is 0.00267. The van der Waals surface area contributed by atoms with Crippen LogP contribution in [0.1, 0.15) is 50.6 Å². The molecule has 1 aliphatic rings. The summed E-state index contributed by atoms with van der Waals surface area (Å²) in [6.45, 7) is 11.6. The first-order valence-corrected chi connectivity index (χ1v) is 14.0. The van der Waals surface area contributed by atoms with Gasteiger partial charge in [0.05, 0.1) is 23.0 Å². The Morgan fingerprint density at radius 1 is 1.05 bits per heavy atom. The maximum Gasteiger partial charge on any atom is 0.261 e. The highest BCUT2D eigenvalue weighted by molar-refractivity contribution is 6.19. The smallest absolute Gasteiger partial charge is 0.261 e. The fourth-order valence-corrected chi connectivity index (χ4v) is 5.74. The Labute approximate surface area is 240 Å². The SMILES string of the molecule is CCN1C(=O)C(C)(C)C(=O)N(C)c2cc(CN(CCn3ccc4occc4c3=O)C(C)c3cccnc3C)ccc21. The number of furan rings is 1. The molecule has 0 bridgehead atoms. The summed E-state index contributed by atoms with van der Waals surface area (Å²) in [5.41, 5.74) is 3.83. The second kappa shape index (κ2) is 11.0. The van der Waals surface area contributed by atoms with Crippen LogP contribution in [0.4, 0.5) is 11.4 Å². The second-order valence-electron chi connectivity index (χ2n) is 11.2. The zero-order chi connectivity index (χ0) is 29.5. The third kappa shape index (κ3) is 5.06. The van der Waals surface area contributed by atoms with Crippen molar-refractivity contribution in [3.63, 3.8) is 0 Å². The molecule has 0 saturated heterocycles. The monoisotopic (exact) mass is 555 g/mol. The van der Waals surface area contributed by atoms with E-state index in [4.69, 9.17) is 4.42 Å². The topological polar surface area (TPSA) is 91.9 Å². The van der Waals surface area contributed by atoms with Gasteiger partial charge in [0.1, 0.15) is 11.0 Å². The van der Waals surface area contributed by atoms with Crippen molar-refractivity contribution in [2.24, 2.45) is 5.41 Å². The molecule has 9 heteroatoms. The molecule has 1 aromatic carbocycles. The van der Waals surface area contributed by atoms with Crippen LogP contribution in [0.3, 0.4) is 0 Å². The van der Waals surface area contributed by atoms with E-state index in [0.29, 0.717) is 42.8 Å². The quantitative estimate of drug-likeness (QED) is 0.287. The van der Waals surface area contributed by atoms with Crippen LogP contribution in [0.2, 0.25) is 0 Å². The van der Waals surface area contributed by atoms with E-state index < -0.39 is 5.41 Å². The predicted molar refractivity (Wildman–Crippen MR) is 160 cm³/mol. The summed E-state index contributed by atoms with van der Waals surface area (Å²) in [6.07, 6.45) is 5.09. The van der Waals surface area contributed by atoms with E-state index in [1.54, 1.807) is 53.7 Å². The van der Waals surface area contributed by atoms with Gasteiger partial charge in [-0.05, 0) is 76.1 Å². The highest BCUT2D eigenvalue weighted by atomic mass is 16.3. The number of amides is 2. The summed E-state index contributed by atoms with van der Waals surface area (Å²) in [5, 5.41) is 0.562. The maximum atomic E-state index is 13.4. The van der Waals surface area contributed by atoms with Crippen molar-refractivity contribution in [1.29, 1.82) is 0 Å². The number of aryl methyl sites for hydroxylation is 1. The molecule has 0 spiro atoms. The Balaban J connectivity index is 1.50. The van der Waals surface area contributed by atoms with Crippen molar-refractivity contribution in [2.45, 2.75) is 53.8 Å². The van der Waals surface area contributed by atoms with E-state index in [1.807, 2.05) is 44.2 Å². The first kappa shape index (κ1) is 28.3. The molecule has 0 fully saturated rings. The van der Waals surface area contributed by atoms with Crippen molar-refractivity contribution in [3.8, 4) is 0 Å². The molecule has 9 nitrogen and oxygen atoms in total. The molecule has 3 aromatic heterocycles. The lowest BCUT2D eigenvalue weighted by Crippen LogP contribution is -2.47. The number of nitrogens with zero attached hydrogens (tertiary/aromatic N) is 5. The molecule has 0 N–H and O–H groups in total. The fraction of sp³-hybridized carbons (Fsp3) is 0.375. The van der Waals surface area contributed by atoms with Gasteiger partial charge in [0.15, 0.2) is 0 Å². The Bertz CT molecular complexity index is 1670. The Kier molecular flexibility index (Phi) is 7.57. The number of carbonyl (C=O) groups is 2. The standard InChI is InChI=1S/C32H37N5O4/c1-7-37-26-11-10-23(19-27(26)34(6)30(39)32(4,5)31(37)40)20-36(22(3)24-9-8-14-33-21(24)2)17-16-35-15-12-28-25(29(35)38)13-18-41-28/h8-15,18-19,22H,7,16-17,20H2,1-6H3. The number of carbonyl (C=O) groups excluding carboxylic acids is 2. The van der Waals surface area contributed by atoms with Crippen LogP contribution < -0.4 is 15.4 Å². The lowest BCUT2D eigenvalue weighted by Gasteiger charge is -2.31. The zero-order valence-electron chi connectivity index (χ0n) is 24.5. The molecule has 0 saturated carbocycles. The van der Waals surface area contributed by atoms with Crippen molar-refractivity contribution >= 4 is 34.2 Å². The van der Waals surface area contributed by atoms with Gasteiger partial charge in [-0.3, -0.25) is 24.3 Å². The summed E-state index contributed by atoms with van der Waals surface area (Å²) in [6, 6.07) is 13.5. The van der Waals surface area contributed by atoms with Crippen LogP contribution in [-0.2, 0) is 22.7 Å². The summed E-state index contributed by atoms with van der Waals surface area (Å²) >= 11 is 0. The van der Waals surface area contributed by atoms with E-state index >= 15 is 0 Å². The minimum Gasteiger partial charge on any atom is -0.464 e. The summed E-state index contributed by atoms with van der Waals surface area (Å²) in [7, 11) is 1.73. The Morgan fingerprint density at radius 2 is 1.83 bits per heavy atom. The van der Waals surface area contributed by atoms with Crippen LogP contribution in [0.15, 0.2) is 70.3 Å². The summed E-state index contributed by atoms with van der Waals surface area (Å²) < 4.78 is 7.10. The van der Waals surface area contributed by atoms with Crippen LogP contribution in [-0.4, -0.2) is 46.4 Å². The van der Waals surface area contributed by atoms with Gasteiger partial charge in [0, 0.05) is 57.4 Å². The number of anilines is 2. The normalized spacial score (nSPS) is 15.9.